The molecule has 3 rings (SSSR count). The van der Waals surface area contributed by atoms with E-state index >= 15 is 0 Å². The van der Waals surface area contributed by atoms with Gasteiger partial charge in [-0.1, -0.05) is 18.5 Å². The lowest BCUT2D eigenvalue weighted by Crippen LogP contribution is -2.31. The monoisotopic (exact) mass is 258 g/mol. The number of pyridine rings is 1. The van der Waals surface area contributed by atoms with E-state index in [1.54, 1.807) is 12.4 Å². The Kier molecular flexibility index (Phi) is 3.55. The molecule has 2 aromatic heterocycles. The summed E-state index contributed by atoms with van der Waals surface area (Å²) in [5.74, 6) is 2.09. The Bertz CT molecular complexity index is 525. The first-order chi connectivity index (χ1) is 9.36. The third-order valence-corrected chi connectivity index (χ3v) is 3.77. The summed E-state index contributed by atoms with van der Waals surface area (Å²) in [6, 6.07) is 3.97. The highest BCUT2D eigenvalue weighted by Gasteiger charge is 2.26. The fourth-order valence-electron chi connectivity index (χ4n) is 2.55. The van der Waals surface area contributed by atoms with Crippen LogP contribution in [0.2, 0.25) is 0 Å². The predicted molar refractivity (Wildman–Crippen MR) is 71.3 cm³/mol. The average Bonchev–Trinajstić information content (AvgIpc) is 2.98. The molecule has 1 saturated heterocycles. The van der Waals surface area contributed by atoms with Crippen molar-refractivity contribution in [3.05, 3.63) is 30.4 Å². The molecule has 1 aliphatic rings. The van der Waals surface area contributed by atoms with Crippen LogP contribution in [0.3, 0.4) is 0 Å². The van der Waals surface area contributed by atoms with Crippen molar-refractivity contribution in [1.82, 2.24) is 20.4 Å². The van der Waals surface area contributed by atoms with Gasteiger partial charge in [0.2, 0.25) is 11.7 Å². The second kappa shape index (κ2) is 5.48. The van der Waals surface area contributed by atoms with Gasteiger partial charge in [-0.2, -0.15) is 4.98 Å². The van der Waals surface area contributed by atoms with Crippen LogP contribution in [0.1, 0.15) is 38.1 Å². The van der Waals surface area contributed by atoms with Gasteiger partial charge >= 0.3 is 0 Å². The molecular formula is C14H18N4O. The van der Waals surface area contributed by atoms with E-state index in [2.05, 4.69) is 27.4 Å². The van der Waals surface area contributed by atoms with E-state index in [1.807, 2.05) is 12.1 Å². The van der Waals surface area contributed by atoms with Gasteiger partial charge in [0.15, 0.2) is 0 Å². The smallest absolute Gasteiger partial charge is 0.244 e. The summed E-state index contributed by atoms with van der Waals surface area (Å²) < 4.78 is 5.41. The molecule has 0 aromatic carbocycles. The zero-order valence-corrected chi connectivity index (χ0v) is 11.0. The molecule has 1 aliphatic heterocycles. The average molecular weight is 258 g/mol. The van der Waals surface area contributed by atoms with E-state index in [9.17, 15) is 0 Å². The van der Waals surface area contributed by atoms with E-state index < -0.39 is 0 Å². The molecule has 0 spiro atoms. The molecule has 5 heteroatoms. The molecule has 0 bridgehead atoms. The summed E-state index contributed by atoms with van der Waals surface area (Å²) in [4.78, 5) is 8.49. The number of rotatable bonds is 3. The molecule has 0 saturated carbocycles. The fourth-order valence-corrected chi connectivity index (χ4v) is 2.55. The molecule has 19 heavy (non-hydrogen) atoms. The normalized spacial score (nSPS) is 23.4. The van der Waals surface area contributed by atoms with E-state index in [-0.39, 0.29) is 6.04 Å². The lowest BCUT2D eigenvalue weighted by Gasteiger charge is -2.27. The summed E-state index contributed by atoms with van der Waals surface area (Å²) >= 11 is 0. The highest BCUT2D eigenvalue weighted by atomic mass is 16.5. The van der Waals surface area contributed by atoms with Crippen molar-refractivity contribution < 1.29 is 4.52 Å². The van der Waals surface area contributed by atoms with Crippen LogP contribution in [0.4, 0.5) is 0 Å². The minimum atomic E-state index is 0.196. The Labute approximate surface area is 112 Å². The van der Waals surface area contributed by atoms with Crippen molar-refractivity contribution in [1.29, 1.82) is 0 Å². The Balaban J connectivity index is 1.78. The molecule has 1 N–H and O–H groups in total. The van der Waals surface area contributed by atoms with E-state index in [0.29, 0.717) is 11.7 Å². The molecule has 0 aliphatic carbocycles. The van der Waals surface area contributed by atoms with Gasteiger partial charge in [-0.3, -0.25) is 4.98 Å². The van der Waals surface area contributed by atoms with Crippen molar-refractivity contribution in [3.8, 4) is 11.4 Å². The Morgan fingerprint density at radius 1 is 1.37 bits per heavy atom. The van der Waals surface area contributed by atoms with Crippen LogP contribution in [0.5, 0.6) is 0 Å². The van der Waals surface area contributed by atoms with Crippen LogP contribution in [-0.2, 0) is 0 Å². The summed E-state index contributed by atoms with van der Waals surface area (Å²) in [7, 11) is 0. The molecule has 2 aromatic rings. The van der Waals surface area contributed by atoms with Crippen molar-refractivity contribution in [2.75, 3.05) is 6.54 Å². The molecule has 5 nitrogen and oxygen atoms in total. The summed E-state index contributed by atoms with van der Waals surface area (Å²) in [6.45, 7) is 3.26. The standard InChI is InChI=1S/C14H18N4O/c1-2-10-3-8-16-12(9-10)14-17-13(18-19-14)11-4-6-15-7-5-11/h4-7,10,12,16H,2-3,8-9H2,1H3. The lowest BCUT2D eigenvalue weighted by atomic mass is 9.90. The van der Waals surface area contributed by atoms with Crippen LogP contribution in [0.25, 0.3) is 11.4 Å². The maximum Gasteiger partial charge on any atom is 0.244 e. The molecule has 100 valence electrons. The van der Waals surface area contributed by atoms with Crippen LogP contribution in [0, 0.1) is 5.92 Å². The third-order valence-electron chi connectivity index (χ3n) is 3.77. The van der Waals surface area contributed by atoms with Gasteiger partial charge in [0.05, 0.1) is 6.04 Å². The Morgan fingerprint density at radius 3 is 3.00 bits per heavy atom. The highest BCUT2D eigenvalue weighted by molar-refractivity contribution is 5.52. The first-order valence-corrected chi connectivity index (χ1v) is 6.84. The summed E-state index contributed by atoms with van der Waals surface area (Å²) in [5.41, 5.74) is 0.938. The first kappa shape index (κ1) is 12.3. The predicted octanol–water partition coefficient (Wildman–Crippen LogP) is 2.58. The van der Waals surface area contributed by atoms with Crippen molar-refractivity contribution in [3.63, 3.8) is 0 Å². The van der Waals surface area contributed by atoms with E-state index in [1.165, 1.54) is 12.8 Å². The molecule has 0 radical (unpaired) electrons. The fraction of sp³-hybridized carbons (Fsp3) is 0.500. The van der Waals surface area contributed by atoms with Gasteiger partial charge in [-0.05, 0) is 37.4 Å². The van der Waals surface area contributed by atoms with Crippen molar-refractivity contribution in [2.45, 2.75) is 32.2 Å². The number of nitrogens with one attached hydrogen (secondary N) is 1. The molecule has 1 fully saturated rings. The maximum atomic E-state index is 5.41. The van der Waals surface area contributed by atoms with Crippen molar-refractivity contribution in [2.24, 2.45) is 5.92 Å². The number of nitrogens with zero attached hydrogens (tertiary/aromatic N) is 3. The molecule has 0 amide bonds. The van der Waals surface area contributed by atoms with Crippen LogP contribution < -0.4 is 5.32 Å². The number of hydrogen-bond donors (Lipinski definition) is 1. The van der Waals surface area contributed by atoms with Crippen molar-refractivity contribution >= 4 is 0 Å². The highest BCUT2D eigenvalue weighted by Crippen LogP contribution is 2.29. The van der Waals surface area contributed by atoms with Gasteiger partial charge in [-0.15, -0.1) is 0 Å². The van der Waals surface area contributed by atoms with Gasteiger partial charge in [-0.25, -0.2) is 0 Å². The number of hydrogen-bond acceptors (Lipinski definition) is 5. The van der Waals surface area contributed by atoms with Gasteiger partial charge in [0.1, 0.15) is 0 Å². The first-order valence-electron chi connectivity index (χ1n) is 6.84. The maximum absolute atomic E-state index is 5.41. The largest absolute Gasteiger partial charge is 0.337 e. The van der Waals surface area contributed by atoms with E-state index in [0.717, 1.165) is 24.4 Å². The topological polar surface area (TPSA) is 63.8 Å². The number of aromatic nitrogens is 3. The number of piperidine rings is 1. The Hall–Kier alpha value is -1.75. The second-order valence-corrected chi connectivity index (χ2v) is 5.00. The van der Waals surface area contributed by atoms with Crippen LogP contribution in [-0.4, -0.2) is 21.7 Å². The molecule has 2 unspecified atom stereocenters. The molecule has 3 heterocycles. The lowest BCUT2D eigenvalue weighted by molar-refractivity contribution is 0.246. The Morgan fingerprint density at radius 2 is 2.21 bits per heavy atom. The molecule has 2 atom stereocenters. The van der Waals surface area contributed by atoms with Crippen LogP contribution in [0.15, 0.2) is 29.0 Å². The van der Waals surface area contributed by atoms with Gasteiger partial charge in [0.25, 0.3) is 0 Å². The quantitative estimate of drug-likeness (QED) is 0.916. The minimum Gasteiger partial charge on any atom is -0.337 e. The zero-order chi connectivity index (χ0) is 13.1. The summed E-state index contributed by atoms with van der Waals surface area (Å²) in [6.07, 6.45) is 6.99. The van der Waals surface area contributed by atoms with Gasteiger partial charge in [0, 0.05) is 18.0 Å². The van der Waals surface area contributed by atoms with E-state index in [4.69, 9.17) is 4.52 Å². The minimum absolute atomic E-state index is 0.196. The molecular weight excluding hydrogens is 240 g/mol. The van der Waals surface area contributed by atoms with Gasteiger partial charge < -0.3 is 9.84 Å². The second-order valence-electron chi connectivity index (χ2n) is 5.00. The van der Waals surface area contributed by atoms with Crippen LogP contribution >= 0.6 is 0 Å². The summed E-state index contributed by atoms with van der Waals surface area (Å²) in [5, 5.41) is 7.51. The SMILES string of the molecule is CCC1CCNC(c2nc(-c3ccncc3)no2)C1. The third kappa shape index (κ3) is 2.66. The zero-order valence-electron chi connectivity index (χ0n) is 11.0.